The SMILES string of the molecule is CN=C(NCCc1ccccc1OC)N1CCN(S(=O)(=O)Cc2ccon2)CC1.I. The number of rotatable bonds is 7. The van der Waals surface area contributed by atoms with Gasteiger partial charge in [0.2, 0.25) is 10.0 Å². The van der Waals surface area contributed by atoms with Crippen LogP contribution in [0, 0.1) is 0 Å². The maximum atomic E-state index is 12.6. The molecule has 0 saturated carbocycles. The molecule has 11 heteroatoms. The van der Waals surface area contributed by atoms with Gasteiger partial charge in [-0.25, -0.2) is 8.42 Å². The van der Waals surface area contributed by atoms with Crippen molar-refractivity contribution < 1.29 is 17.7 Å². The van der Waals surface area contributed by atoms with Crippen LogP contribution in [-0.2, 0) is 22.2 Å². The number of nitrogens with one attached hydrogen (secondary N) is 1. The Hall–Kier alpha value is -1.86. The van der Waals surface area contributed by atoms with E-state index in [0.29, 0.717) is 38.4 Å². The summed E-state index contributed by atoms with van der Waals surface area (Å²) >= 11 is 0. The van der Waals surface area contributed by atoms with Crippen LogP contribution in [0.2, 0.25) is 0 Å². The highest BCUT2D eigenvalue weighted by molar-refractivity contribution is 14.0. The van der Waals surface area contributed by atoms with Crippen molar-refractivity contribution >= 4 is 40.0 Å². The number of methoxy groups -OCH3 is 1. The van der Waals surface area contributed by atoms with E-state index in [-0.39, 0.29) is 29.7 Å². The monoisotopic (exact) mass is 549 g/mol. The van der Waals surface area contributed by atoms with Crippen LogP contribution < -0.4 is 10.1 Å². The topological polar surface area (TPSA) is 100 Å². The van der Waals surface area contributed by atoms with Gasteiger partial charge in [0.15, 0.2) is 5.96 Å². The first-order valence-electron chi connectivity index (χ1n) is 9.48. The van der Waals surface area contributed by atoms with Gasteiger partial charge in [0, 0.05) is 45.8 Å². The summed E-state index contributed by atoms with van der Waals surface area (Å²) < 4.78 is 36.7. The first-order chi connectivity index (χ1) is 14.0. The number of aliphatic imine (C=N–C) groups is 1. The van der Waals surface area contributed by atoms with E-state index in [1.807, 2.05) is 24.3 Å². The first kappa shape index (κ1) is 24.4. The molecule has 1 N–H and O–H groups in total. The van der Waals surface area contributed by atoms with Gasteiger partial charge >= 0.3 is 0 Å². The van der Waals surface area contributed by atoms with Gasteiger partial charge in [0.05, 0.1) is 12.8 Å². The number of hydrogen-bond donors (Lipinski definition) is 1. The molecule has 1 aromatic carbocycles. The fourth-order valence-corrected chi connectivity index (χ4v) is 4.74. The number of para-hydroxylation sites is 1. The second kappa shape index (κ2) is 11.5. The van der Waals surface area contributed by atoms with Crippen LogP contribution in [0.5, 0.6) is 5.75 Å². The average molecular weight is 549 g/mol. The number of guanidine groups is 1. The van der Waals surface area contributed by atoms with E-state index in [9.17, 15) is 8.42 Å². The van der Waals surface area contributed by atoms with Crippen LogP contribution in [0.25, 0.3) is 0 Å². The molecule has 1 fully saturated rings. The van der Waals surface area contributed by atoms with Crippen LogP contribution in [0.15, 0.2) is 46.1 Å². The summed E-state index contributed by atoms with van der Waals surface area (Å²) in [6.07, 6.45) is 2.18. The fraction of sp³-hybridized carbons (Fsp3) is 0.474. The molecule has 2 aromatic rings. The molecule has 0 unspecified atom stereocenters. The zero-order valence-electron chi connectivity index (χ0n) is 17.2. The summed E-state index contributed by atoms with van der Waals surface area (Å²) in [5, 5.41) is 7.05. The Labute approximate surface area is 194 Å². The third kappa shape index (κ3) is 6.32. The van der Waals surface area contributed by atoms with E-state index in [0.717, 1.165) is 23.7 Å². The molecule has 0 radical (unpaired) electrons. The van der Waals surface area contributed by atoms with Crippen molar-refractivity contribution in [2.45, 2.75) is 12.2 Å². The molecule has 166 valence electrons. The van der Waals surface area contributed by atoms with E-state index in [2.05, 4.69) is 20.4 Å². The van der Waals surface area contributed by atoms with Crippen molar-refractivity contribution in [3.8, 4) is 5.75 Å². The number of aromatic nitrogens is 1. The zero-order valence-corrected chi connectivity index (χ0v) is 20.3. The van der Waals surface area contributed by atoms with Gasteiger partial charge in [-0.05, 0) is 18.1 Å². The molecule has 0 spiro atoms. The summed E-state index contributed by atoms with van der Waals surface area (Å²) in [5.74, 6) is 1.50. The molecule has 0 atom stereocenters. The number of halogens is 1. The number of sulfonamides is 1. The zero-order chi connectivity index (χ0) is 20.7. The first-order valence-corrected chi connectivity index (χ1v) is 11.1. The van der Waals surface area contributed by atoms with E-state index in [1.165, 1.54) is 10.6 Å². The Kier molecular flexibility index (Phi) is 9.37. The molecule has 1 aliphatic heterocycles. The second-order valence-electron chi connectivity index (χ2n) is 6.67. The molecule has 2 heterocycles. The van der Waals surface area contributed by atoms with Crippen molar-refractivity contribution in [2.24, 2.45) is 4.99 Å². The number of hydrogen-bond acceptors (Lipinski definition) is 6. The van der Waals surface area contributed by atoms with E-state index in [4.69, 9.17) is 9.26 Å². The van der Waals surface area contributed by atoms with Crippen LogP contribution in [0.4, 0.5) is 0 Å². The molecular weight excluding hydrogens is 521 g/mol. The van der Waals surface area contributed by atoms with Gasteiger partial charge in [-0.15, -0.1) is 24.0 Å². The normalized spacial score (nSPS) is 15.5. The molecule has 0 aliphatic carbocycles. The lowest BCUT2D eigenvalue weighted by molar-refractivity contribution is 0.260. The van der Waals surface area contributed by atoms with Gasteiger partial charge in [0.1, 0.15) is 17.8 Å². The van der Waals surface area contributed by atoms with E-state index < -0.39 is 10.0 Å². The summed E-state index contributed by atoms with van der Waals surface area (Å²) in [7, 11) is -0.00958. The van der Waals surface area contributed by atoms with Gasteiger partial charge in [-0.1, -0.05) is 23.4 Å². The quantitative estimate of drug-likeness (QED) is 0.318. The number of benzene rings is 1. The predicted molar refractivity (Wildman–Crippen MR) is 126 cm³/mol. The van der Waals surface area contributed by atoms with Crippen LogP contribution >= 0.6 is 24.0 Å². The van der Waals surface area contributed by atoms with Gasteiger partial charge in [-0.2, -0.15) is 4.31 Å². The summed E-state index contributed by atoms with van der Waals surface area (Å²) in [5.41, 5.74) is 1.54. The molecule has 30 heavy (non-hydrogen) atoms. The van der Waals surface area contributed by atoms with Crippen molar-refractivity contribution in [3.63, 3.8) is 0 Å². The lowest BCUT2D eigenvalue weighted by Crippen LogP contribution is -2.54. The molecule has 9 nitrogen and oxygen atoms in total. The molecule has 1 saturated heterocycles. The minimum Gasteiger partial charge on any atom is -0.496 e. The van der Waals surface area contributed by atoms with Crippen molar-refractivity contribution in [3.05, 3.63) is 47.9 Å². The second-order valence-corrected chi connectivity index (χ2v) is 8.64. The Morgan fingerprint density at radius 2 is 1.97 bits per heavy atom. The van der Waals surface area contributed by atoms with E-state index in [1.54, 1.807) is 20.2 Å². The minimum absolute atomic E-state index is 0. The largest absolute Gasteiger partial charge is 0.496 e. The van der Waals surface area contributed by atoms with Crippen molar-refractivity contribution in [1.82, 2.24) is 19.7 Å². The van der Waals surface area contributed by atoms with Crippen molar-refractivity contribution in [2.75, 3.05) is 46.9 Å². The molecule has 3 rings (SSSR count). The predicted octanol–water partition coefficient (Wildman–Crippen LogP) is 1.57. The highest BCUT2D eigenvalue weighted by Crippen LogP contribution is 2.17. The van der Waals surface area contributed by atoms with E-state index >= 15 is 0 Å². The smallest absolute Gasteiger partial charge is 0.220 e. The van der Waals surface area contributed by atoms with Gasteiger partial charge < -0.3 is 19.5 Å². The number of nitrogens with zero attached hydrogens (tertiary/aromatic N) is 4. The molecule has 0 amide bonds. The Balaban J connectivity index is 0.00000320. The number of ether oxygens (including phenoxy) is 1. The summed E-state index contributed by atoms with van der Waals surface area (Å²) in [4.78, 5) is 6.42. The van der Waals surface area contributed by atoms with Gasteiger partial charge in [0.25, 0.3) is 0 Å². The van der Waals surface area contributed by atoms with Crippen LogP contribution in [0.3, 0.4) is 0 Å². The Morgan fingerprint density at radius 3 is 2.60 bits per heavy atom. The van der Waals surface area contributed by atoms with Crippen LogP contribution in [-0.4, -0.2) is 75.6 Å². The third-order valence-electron chi connectivity index (χ3n) is 4.83. The molecule has 1 aromatic heterocycles. The minimum atomic E-state index is -3.41. The lowest BCUT2D eigenvalue weighted by Gasteiger charge is -2.35. The van der Waals surface area contributed by atoms with Crippen LogP contribution in [0.1, 0.15) is 11.3 Å². The fourth-order valence-electron chi connectivity index (χ4n) is 3.32. The highest BCUT2D eigenvalue weighted by atomic mass is 127. The molecular formula is C19H28IN5O4S. The number of piperazine rings is 1. The highest BCUT2D eigenvalue weighted by Gasteiger charge is 2.28. The maximum absolute atomic E-state index is 12.6. The third-order valence-corrected chi connectivity index (χ3v) is 6.65. The Bertz CT molecular complexity index is 913. The lowest BCUT2D eigenvalue weighted by atomic mass is 10.1. The standard InChI is InChI=1S/C19H27N5O4S.HI/c1-20-19(21-9-7-16-5-3-4-6-18(16)27-2)23-10-12-24(13-11-23)29(25,26)15-17-8-14-28-22-17;/h3-6,8,14H,7,9-13,15H2,1-2H3,(H,20,21);1H. The summed E-state index contributed by atoms with van der Waals surface area (Å²) in [6.45, 7) is 2.68. The maximum Gasteiger partial charge on any atom is 0.220 e. The Morgan fingerprint density at radius 1 is 1.23 bits per heavy atom. The molecule has 0 bridgehead atoms. The molecule has 1 aliphatic rings. The van der Waals surface area contributed by atoms with Gasteiger partial charge in [-0.3, -0.25) is 4.99 Å². The average Bonchev–Trinajstić information content (AvgIpc) is 3.24. The van der Waals surface area contributed by atoms with Crippen molar-refractivity contribution in [1.29, 1.82) is 0 Å². The summed E-state index contributed by atoms with van der Waals surface area (Å²) in [6, 6.07) is 9.50.